The average Bonchev–Trinajstić information content (AvgIpc) is 2.69. The summed E-state index contributed by atoms with van der Waals surface area (Å²) in [7, 11) is 3.85. The third kappa shape index (κ3) is 4.35. The van der Waals surface area contributed by atoms with Crippen molar-refractivity contribution in [1.29, 1.82) is 0 Å². The average molecular weight is 413 g/mol. The first-order chi connectivity index (χ1) is 13.4. The highest BCUT2D eigenvalue weighted by atomic mass is 35.5. The van der Waals surface area contributed by atoms with E-state index in [0.29, 0.717) is 26.9 Å². The summed E-state index contributed by atoms with van der Waals surface area (Å²) in [6.45, 7) is 0. The molecule has 1 N–H and O–H groups in total. The molecule has 1 amide bonds. The van der Waals surface area contributed by atoms with Gasteiger partial charge in [0.05, 0.1) is 10.7 Å². The highest BCUT2D eigenvalue weighted by Crippen LogP contribution is 2.27. The smallest absolute Gasteiger partial charge is 0.255 e. The van der Waals surface area contributed by atoms with Crippen molar-refractivity contribution in [1.82, 2.24) is 0 Å². The molecule has 0 atom stereocenters. The Morgan fingerprint density at radius 2 is 1.54 bits per heavy atom. The topological polar surface area (TPSA) is 49.4 Å². The molecule has 0 spiro atoms. The number of nitrogens with one attached hydrogen (secondary N) is 1. The predicted molar refractivity (Wildman–Crippen MR) is 115 cm³/mol. The molecule has 3 aromatic carbocycles. The van der Waals surface area contributed by atoms with Crippen molar-refractivity contribution in [3.63, 3.8) is 0 Å². The number of nitrogens with zero attached hydrogens (tertiary/aromatic N) is 1. The SMILES string of the molecule is CN(C)c1ccc(C(=O)Nc2ccc(Cl)cc2C(=O)c2ccccc2Cl)cc1. The molecule has 0 aromatic heterocycles. The van der Waals surface area contributed by atoms with Crippen LogP contribution in [-0.4, -0.2) is 25.8 Å². The zero-order valence-electron chi connectivity index (χ0n) is 15.4. The van der Waals surface area contributed by atoms with E-state index in [1.807, 2.05) is 31.1 Å². The molecule has 0 unspecified atom stereocenters. The number of ketones is 1. The monoisotopic (exact) mass is 412 g/mol. The molecule has 28 heavy (non-hydrogen) atoms. The molecule has 0 aliphatic heterocycles. The van der Waals surface area contributed by atoms with Crippen LogP contribution in [0.2, 0.25) is 10.0 Å². The summed E-state index contributed by atoms with van der Waals surface area (Å²) in [4.78, 5) is 27.6. The zero-order valence-corrected chi connectivity index (χ0v) is 16.9. The first-order valence-electron chi connectivity index (χ1n) is 8.54. The number of amides is 1. The Labute approximate surface area is 173 Å². The first-order valence-corrected chi connectivity index (χ1v) is 9.30. The Hall–Kier alpha value is -2.82. The summed E-state index contributed by atoms with van der Waals surface area (Å²) < 4.78 is 0. The molecule has 0 aliphatic carbocycles. The van der Waals surface area contributed by atoms with Crippen molar-refractivity contribution in [2.75, 3.05) is 24.3 Å². The van der Waals surface area contributed by atoms with E-state index in [-0.39, 0.29) is 17.3 Å². The van der Waals surface area contributed by atoms with Crippen molar-refractivity contribution in [2.24, 2.45) is 0 Å². The van der Waals surface area contributed by atoms with Crippen LogP contribution in [0, 0.1) is 0 Å². The first kappa shape index (κ1) is 19.9. The van der Waals surface area contributed by atoms with Crippen LogP contribution in [0.5, 0.6) is 0 Å². The number of carbonyl (C=O) groups is 2. The van der Waals surface area contributed by atoms with Gasteiger partial charge in [0, 0.05) is 41.5 Å². The van der Waals surface area contributed by atoms with Crippen LogP contribution in [0.3, 0.4) is 0 Å². The number of rotatable bonds is 5. The lowest BCUT2D eigenvalue weighted by atomic mass is 10.0. The minimum atomic E-state index is -0.319. The molecule has 142 valence electrons. The molecule has 0 aliphatic rings. The Balaban J connectivity index is 1.91. The minimum absolute atomic E-state index is 0.277. The summed E-state index contributed by atoms with van der Waals surface area (Å²) in [5.41, 5.74) is 2.46. The molecule has 3 rings (SSSR count). The molecule has 0 radical (unpaired) electrons. The van der Waals surface area contributed by atoms with E-state index >= 15 is 0 Å². The van der Waals surface area contributed by atoms with Crippen molar-refractivity contribution in [3.05, 3.63) is 93.5 Å². The second-order valence-corrected chi connectivity index (χ2v) is 7.24. The summed E-state index contributed by atoms with van der Waals surface area (Å²) >= 11 is 12.2. The number of carbonyl (C=O) groups excluding carboxylic acids is 2. The maximum absolute atomic E-state index is 13.0. The lowest BCUT2D eigenvalue weighted by Crippen LogP contribution is -2.16. The van der Waals surface area contributed by atoms with E-state index in [2.05, 4.69) is 5.32 Å². The molecular formula is C22H18Cl2N2O2. The molecule has 0 bridgehead atoms. The van der Waals surface area contributed by atoms with Gasteiger partial charge in [0.25, 0.3) is 5.91 Å². The molecule has 6 heteroatoms. The second-order valence-electron chi connectivity index (χ2n) is 6.39. The number of hydrogen-bond donors (Lipinski definition) is 1. The van der Waals surface area contributed by atoms with E-state index in [4.69, 9.17) is 23.2 Å². The van der Waals surface area contributed by atoms with Gasteiger partial charge in [-0.05, 0) is 54.6 Å². The Kier molecular flexibility index (Phi) is 6.02. The molecule has 4 nitrogen and oxygen atoms in total. The van der Waals surface area contributed by atoms with Gasteiger partial charge in [-0.2, -0.15) is 0 Å². The van der Waals surface area contributed by atoms with E-state index in [9.17, 15) is 9.59 Å². The molecule has 3 aromatic rings. The molecule has 0 fully saturated rings. The quantitative estimate of drug-likeness (QED) is 0.559. The maximum atomic E-state index is 13.0. The van der Waals surface area contributed by atoms with Gasteiger partial charge in [0.2, 0.25) is 0 Å². The van der Waals surface area contributed by atoms with Crippen LogP contribution in [0.4, 0.5) is 11.4 Å². The van der Waals surface area contributed by atoms with Crippen LogP contribution in [0.15, 0.2) is 66.7 Å². The lowest BCUT2D eigenvalue weighted by molar-refractivity contribution is 0.102. The molecule has 0 saturated heterocycles. The van der Waals surface area contributed by atoms with Gasteiger partial charge in [0.1, 0.15) is 0 Å². The fourth-order valence-electron chi connectivity index (χ4n) is 2.71. The van der Waals surface area contributed by atoms with Gasteiger partial charge in [0.15, 0.2) is 5.78 Å². The number of hydrogen-bond acceptors (Lipinski definition) is 3. The number of anilines is 2. The van der Waals surface area contributed by atoms with Crippen molar-refractivity contribution < 1.29 is 9.59 Å². The predicted octanol–water partition coefficient (Wildman–Crippen LogP) is 5.54. The third-order valence-electron chi connectivity index (χ3n) is 4.24. The van der Waals surface area contributed by atoms with Crippen molar-refractivity contribution >= 4 is 46.3 Å². The van der Waals surface area contributed by atoms with Crippen molar-refractivity contribution in [3.8, 4) is 0 Å². The normalized spacial score (nSPS) is 10.4. The van der Waals surface area contributed by atoms with E-state index in [1.54, 1.807) is 48.5 Å². The van der Waals surface area contributed by atoms with Gasteiger partial charge in [-0.25, -0.2) is 0 Å². The van der Waals surface area contributed by atoms with Crippen LogP contribution in [-0.2, 0) is 0 Å². The Bertz CT molecular complexity index is 1030. The Morgan fingerprint density at radius 3 is 2.18 bits per heavy atom. The fourth-order valence-corrected chi connectivity index (χ4v) is 3.10. The van der Waals surface area contributed by atoms with Gasteiger partial charge in [-0.15, -0.1) is 0 Å². The largest absolute Gasteiger partial charge is 0.378 e. The van der Waals surface area contributed by atoms with Crippen LogP contribution in [0.25, 0.3) is 0 Å². The number of halogens is 2. The van der Waals surface area contributed by atoms with E-state index in [1.165, 1.54) is 6.07 Å². The highest BCUT2D eigenvalue weighted by molar-refractivity contribution is 6.36. The van der Waals surface area contributed by atoms with Crippen LogP contribution < -0.4 is 10.2 Å². The van der Waals surface area contributed by atoms with E-state index < -0.39 is 0 Å². The van der Waals surface area contributed by atoms with Crippen LogP contribution in [0.1, 0.15) is 26.3 Å². The fraction of sp³-hybridized carbons (Fsp3) is 0.0909. The lowest BCUT2D eigenvalue weighted by Gasteiger charge is -2.14. The maximum Gasteiger partial charge on any atom is 0.255 e. The third-order valence-corrected chi connectivity index (χ3v) is 4.80. The minimum Gasteiger partial charge on any atom is -0.378 e. The van der Waals surface area contributed by atoms with Gasteiger partial charge in [-0.1, -0.05) is 35.3 Å². The van der Waals surface area contributed by atoms with Gasteiger partial charge in [-0.3, -0.25) is 9.59 Å². The summed E-state index contributed by atoms with van der Waals surface area (Å²) in [5.74, 6) is -0.632. The summed E-state index contributed by atoms with van der Waals surface area (Å²) in [5, 5.41) is 3.53. The van der Waals surface area contributed by atoms with Crippen molar-refractivity contribution in [2.45, 2.75) is 0 Å². The standard InChI is InChI=1S/C22H18Cl2N2O2/c1-26(2)16-10-7-14(8-11-16)22(28)25-20-12-9-15(23)13-18(20)21(27)17-5-3-4-6-19(17)24/h3-13H,1-2H3,(H,25,28). The van der Waals surface area contributed by atoms with Gasteiger partial charge >= 0.3 is 0 Å². The molecule has 0 heterocycles. The summed E-state index contributed by atoms with van der Waals surface area (Å²) in [6.07, 6.45) is 0. The highest BCUT2D eigenvalue weighted by Gasteiger charge is 2.18. The molecular weight excluding hydrogens is 395 g/mol. The zero-order chi connectivity index (χ0) is 20.3. The summed E-state index contributed by atoms with van der Waals surface area (Å²) in [6, 6.07) is 18.7. The molecule has 0 saturated carbocycles. The van der Waals surface area contributed by atoms with E-state index in [0.717, 1.165) is 5.69 Å². The van der Waals surface area contributed by atoms with Gasteiger partial charge < -0.3 is 10.2 Å². The van der Waals surface area contributed by atoms with Crippen LogP contribution >= 0.6 is 23.2 Å². The number of benzene rings is 3. The second kappa shape index (κ2) is 8.46. The Morgan fingerprint density at radius 1 is 0.857 bits per heavy atom.